The van der Waals surface area contributed by atoms with Crippen LogP contribution in [0.4, 0.5) is 10.1 Å². The summed E-state index contributed by atoms with van der Waals surface area (Å²) in [6.45, 7) is 3.40. The molecule has 4 aromatic rings. The first-order valence-electron chi connectivity index (χ1n) is 11.2. The zero-order valence-corrected chi connectivity index (χ0v) is 18.4. The summed E-state index contributed by atoms with van der Waals surface area (Å²) in [4.78, 5) is 19.6. The van der Waals surface area contributed by atoms with Crippen molar-refractivity contribution in [1.82, 2.24) is 15.0 Å². The van der Waals surface area contributed by atoms with E-state index < -0.39 is 0 Å². The number of piperidine rings is 1. The maximum absolute atomic E-state index is 13.5. The number of anilines is 1. The lowest BCUT2D eigenvalue weighted by Crippen LogP contribution is -2.46. The van der Waals surface area contributed by atoms with Gasteiger partial charge in [-0.3, -0.25) is 9.69 Å². The van der Waals surface area contributed by atoms with Crippen molar-refractivity contribution in [2.75, 3.05) is 18.4 Å². The number of halogens is 1. The van der Waals surface area contributed by atoms with E-state index in [0.29, 0.717) is 23.8 Å². The van der Waals surface area contributed by atoms with Crippen LogP contribution in [-0.2, 0) is 4.79 Å². The van der Waals surface area contributed by atoms with Gasteiger partial charge in [0.05, 0.1) is 12.0 Å². The van der Waals surface area contributed by atoms with Crippen LogP contribution in [0.2, 0.25) is 0 Å². The third-order valence-electron chi connectivity index (χ3n) is 6.27. The Balaban J connectivity index is 1.25. The van der Waals surface area contributed by atoms with E-state index in [1.165, 1.54) is 12.1 Å². The minimum absolute atomic E-state index is 0.0319. The van der Waals surface area contributed by atoms with Gasteiger partial charge < -0.3 is 9.84 Å². The number of carbonyl (C=O) groups is 1. The molecule has 1 aromatic heterocycles. The molecule has 1 saturated heterocycles. The van der Waals surface area contributed by atoms with Crippen molar-refractivity contribution in [2.24, 2.45) is 0 Å². The molecule has 3 aromatic carbocycles. The molecule has 2 unspecified atom stereocenters. The quantitative estimate of drug-likeness (QED) is 0.456. The first-order valence-corrected chi connectivity index (χ1v) is 11.2. The Morgan fingerprint density at radius 2 is 1.97 bits per heavy atom. The molecule has 5 rings (SSSR count). The number of nitrogens with one attached hydrogen (secondary N) is 1. The average Bonchev–Trinajstić information content (AvgIpc) is 3.34. The predicted molar refractivity (Wildman–Crippen MR) is 125 cm³/mol. The molecule has 0 bridgehead atoms. The number of nitrogens with zero attached hydrogens (tertiary/aromatic N) is 3. The van der Waals surface area contributed by atoms with Crippen molar-refractivity contribution in [3.05, 3.63) is 78.4 Å². The van der Waals surface area contributed by atoms with Gasteiger partial charge in [-0.25, -0.2) is 4.39 Å². The zero-order chi connectivity index (χ0) is 22.8. The molecule has 168 valence electrons. The molecule has 1 aliphatic rings. The van der Waals surface area contributed by atoms with Crippen molar-refractivity contribution < 1.29 is 13.7 Å². The Kier molecular flexibility index (Phi) is 5.88. The lowest BCUT2D eigenvalue weighted by atomic mass is 9.96. The Bertz CT molecular complexity index is 1290. The molecule has 1 amide bonds. The van der Waals surface area contributed by atoms with Crippen LogP contribution in [0.3, 0.4) is 0 Å². The molecule has 6 nitrogen and oxygen atoms in total. The molecule has 0 radical (unpaired) electrons. The van der Waals surface area contributed by atoms with Crippen molar-refractivity contribution in [3.63, 3.8) is 0 Å². The van der Waals surface area contributed by atoms with Crippen LogP contribution in [0, 0.1) is 5.82 Å². The number of hydrogen-bond acceptors (Lipinski definition) is 5. The Labute approximate surface area is 191 Å². The van der Waals surface area contributed by atoms with E-state index in [1.54, 1.807) is 12.1 Å². The van der Waals surface area contributed by atoms with Crippen LogP contribution in [0.1, 0.15) is 31.6 Å². The smallest absolute Gasteiger partial charge is 0.241 e. The Hall–Kier alpha value is -3.58. The maximum Gasteiger partial charge on any atom is 0.241 e. The molecule has 7 heteroatoms. The molecule has 1 N–H and O–H groups in total. The molecule has 1 aliphatic heterocycles. The van der Waals surface area contributed by atoms with Gasteiger partial charge in [0.25, 0.3) is 0 Å². The summed E-state index contributed by atoms with van der Waals surface area (Å²) in [5, 5.41) is 9.31. The second-order valence-corrected chi connectivity index (χ2v) is 8.53. The lowest BCUT2D eigenvalue weighted by Gasteiger charge is -2.34. The van der Waals surface area contributed by atoms with Gasteiger partial charge in [-0.2, -0.15) is 4.98 Å². The highest BCUT2D eigenvalue weighted by Crippen LogP contribution is 2.29. The van der Waals surface area contributed by atoms with E-state index in [-0.39, 0.29) is 23.7 Å². The standard InChI is InChI=1S/C26H25FN4O2/c1-17(25(32)28-23-12-11-18-6-2-3-7-19(18)15-23)31-13-5-9-21(16-31)26-29-24(30-33-26)20-8-4-10-22(27)14-20/h2-4,6-8,10-12,14-15,17,21H,5,9,13,16H2,1H3,(H,28,32). The highest BCUT2D eigenvalue weighted by atomic mass is 19.1. The molecule has 0 aliphatic carbocycles. The predicted octanol–water partition coefficient (Wildman–Crippen LogP) is 5.24. The Morgan fingerprint density at radius 1 is 1.12 bits per heavy atom. The van der Waals surface area contributed by atoms with E-state index in [0.717, 1.165) is 35.8 Å². The average molecular weight is 445 g/mol. The number of likely N-dealkylation sites (tertiary alicyclic amines) is 1. The van der Waals surface area contributed by atoms with E-state index in [1.807, 2.05) is 43.3 Å². The SMILES string of the molecule is CC(C(=O)Nc1ccc2ccccc2c1)N1CCCC(c2nc(-c3cccc(F)c3)no2)C1. The van der Waals surface area contributed by atoms with Crippen molar-refractivity contribution in [1.29, 1.82) is 0 Å². The van der Waals surface area contributed by atoms with E-state index >= 15 is 0 Å². The number of fused-ring (bicyclic) bond motifs is 1. The fourth-order valence-corrected chi connectivity index (χ4v) is 4.39. The molecule has 1 fully saturated rings. The van der Waals surface area contributed by atoms with Gasteiger partial charge in [0, 0.05) is 17.8 Å². The second-order valence-electron chi connectivity index (χ2n) is 8.53. The van der Waals surface area contributed by atoms with Gasteiger partial charge >= 0.3 is 0 Å². The van der Waals surface area contributed by atoms with Crippen LogP contribution < -0.4 is 5.32 Å². The van der Waals surface area contributed by atoms with Crippen LogP contribution >= 0.6 is 0 Å². The summed E-state index contributed by atoms with van der Waals surface area (Å²) in [7, 11) is 0. The normalized spacial score (nSPS) is 17.7. The monoisotopic (exact) mass is 444 g/mol. The minimum Gasteiger partial charge on any atom is -0.339 e. The van der Waals surface area contributed by atoms with E-state index in [4.69, 9.17) is 4.52 Å². The largest absolute Gasteiger partial charge is 0.339 e. The number of rotatable bonds is 5. The van der Waals surface area contributed by atoms with Crippen molar-refractivity contribution in [3.8, 4) is 11.4 Å². The first-order chi connectivity index (χ1) is 16.1. The van der Waals surface area contributed by atoms with Crippen LogP contribution in [0.15, 0.2) is 71.3 Å². The van der Waals surface area contributed by atoms with Crippen molar-refractivity contribution in [2.45, 2.75) is 31.7 Å². The van der Waals surface area contributed by atoms with Crippen LogP contribution in [-0.4, -0.2) is 40.1 Å². The summed E-state index contributed by atoms with van der Waals surface area (Å²) < 4.78 is 19.0. The fraction of sp³-hybridized carbons (Fsp3) is 0.269. The lowest BCUT2D eigenvalue weighted by molar-refractivity contribution is -0.121. The third kappa shape index (κ3) is 4.64. The summed E-state index contributed by atoms with van der Waals surface area (Å²) in [6.07, 6.45) is 1.83. The molecular weight excluding hydrogens is 419 g/mol. The number of benzene rings is 3. The summed E-state index contributed by atoms with van der Waals surface area (Å²) in [5.41, 5.74) is 1.37. The number of aromatic nitrogens is 2. The highest BCUT2D eigenvalue weighted by molar-refractivity contribution is 5.97. The van der Waals surface area contributed by atoms with Gasteiger partial charge in [0.2, 0.25) is 17.6 Å². The van der Waals surface area contributed by atoms with Gasteiger partial charge in [0.1, 0.15) is 5.82 Å². The van der Waals surface area contributed by atoms with Gasteiger partial charge in [-0.05, 0) is 61.3 Å². The number of hydrogen-bond donors (Lipinski definition) is 1. The summed E-state index contributed by atoms with van der Waals surface area (Å²) >= 11 is 0. The van der Waals surface area contributed by atoms with Gasteiger partial charge in [-0.1, -0.05) is 47.6 Å². The summed E-state index contributed by atoms with van der Waals surface area (Å²) in [5.74, 6) is 0.556. The van der Waals surface area contributed by atoms with Crippen LogP contribution in [0.5, 0.6) is 0 Å². The highest BCUT2D eigenvalue weighted by Gasteiger charge is 2.31. The second kappa shape index (κ2) is 9.11. The fourth-order valence-electron chi connectivity index (χ4n) is 4.39. The molecular formula is C26H25FN4O2. The third-order valence-corrected chi connectivity index (χ3v) is 6.27. The van der Waals surface area contributed by atoms with Crippen LogP contribution in [0.25, 0.3) is 22.2 Å². The molecule has 2 heterocycles. The molecule has 0 saturated carbocycles. The van der Waals surface area contributed by atoms with Crippen molar-refractivity contribution >= 4 is 22.4 Å². The Morgan fingerprint density at radius 3 is 2.82 bits per heavy atom. The molecule has 0 spiro atoms. The number of amides is 1. The minimum atomic E-state index is -0.339. The zero-order valence-electron chi connectivity index (χ0n) is 18.4. The van der Waals surface area contributed by atoms with Gasteiger partial charge in [0.15, 0.2) is 0 Å². The summed E-state index contributed by atoms with van der Waals surface area (Å²) in [6, 6.07) is 19.9. The van der Waals surface area contributed by atoms with E-state index in [9.17, 15) is 9.18 Å². The number of carbonyl (C=O) groups excluding carboxylic acids is 1. The van der Waals surface area contributed by atoms with Gasteiger partial charge in [-0.15, -0.1) is 0 Å². The maximum atomic E-state index is 13.5. The molecule has 33 heavy (non-hydrogen) atoms. The molecule has 2 atom stereocenters. The first kappa shape index (κ1) is 21.3. The topological polar surface area (TPSA) is 71.3 Å². The van der Waals surface area contributed by atoms with E-state index in [2.05, 4.69) is 26.4 Å².